The number of carbonyl (C=O) groups excluding carboxylic acids is 1. The van der Waals surface area contributed by atoms with E-state index >= 15 is 0 Å². The van der Waals surface area contributed by atoms with Crippen molar-refractivity contribution in [3.05, 3.63) is 46.4 Å². The standard InChI is InChI=1S/C19H20BrNO5/c1-4-25-18(22)12-26-19-13(9-14(20)10-17(19)24-3)11-21-15-5-7-16(23-2)8-6-15/h5-11H,4,12H2,1-3H3. The zero-order valence-corrected chi connectivity index (χ0v) is 16.4. The molecule has 26 heavy (non-hydrogen) atoms. The summed E-state index contributed by atoms with van der Waals surface area (Å²) < 4.78 is 21.8. The fourth-order valence-corrected chi connectivity index (χ4v) is 2.59. The first-order chi connectivity index (χ1) is 12.6. The average Bonchev–Trinajstić information content (AvgIpc) is 2.65. The molecule has 0 amide bonds. The first kappa shape index (κ1) is 19.8. The molecule has 0 spiro atoms. The maximum Gasteiger partial charge on any atom is 0.344 e. The normalized spacial score (nSPS) is 10.6. The zero-order valence-electron chi connectivity index (χ0n) is 14.8. The Morgan fingerprint density at radius 2 is 1.88 bits per heavy atom. The van der Waals surface area contributed by atoms with Crippen molar-refractivity contribution in [3.63, 3.8) is 0 Å². The van der Waals surface area contributed by atoms with Crippen molar-refractivity contribution in [2.75, 3.05) is 27.4 Å². The second kappa shape index (κ2) is 9.82. The summed E-state index contributed by atoms with van der Waals surface area (Å²) in [6, 6.07) is 10.9. The molecule has 7 heteroatoms. The van der Waals surface area contributed by atoms with E-state index < -0.39 is 5.97 Å². The highest BCUT2D eigenvalue weighted by atomic mass is 79.9. The van der Waals surface area contributed by atoms with Crippen molar-refractivity contribution in [1.82, 2.24) is 0 Å². The molecule has 2 aromatic carbocycles. The fourth-order valence-electron chi connectivity index (χ4n) is 2.14. The van der Waals surface area contributed by atoms with Crippen LogP contribution in [0.15, 0.2) is 45.9 Å². The number of hydrogen-bond donors (Lipinski definition) is 0. The summed E-state index contributed by atoms with van der Waals surface area (Å²) >= 11 is 3.43. The number of halogens is 1. The molecule has 0 aliphatic rings. The van der Waals surface area contributed by atoms with Gasteiger partial charge in [-0.25, -0.2) is 4.79 Å². The molecule has 0 fully saturated rings. The van der Waals surface area contributed by atoms with Crippen molar-refractivity contribution in [3.8, 4) is 17.2 Å². The number of carbonyl (C=O) groups is 1. The lowest BCUT2D eigenvalue weighted by Gasteiger charge is -2.13. The zero-order chi connectivity index (χ0) is 18.9. The van der Waals surface area contributed by atoms with E-state index in [-0.39, 0.29) is 6.61 Å². The number of aliphatic imine (C=N–C) groups is 1. The molecule has 2 rings (SSSR count). The van der Waals surface area contributed by atoms with Crippen LogP contribution in [0.1, 0.15) is 12.5 Å². The lowest BCUT2D eigenvalue weighted by Crippen LogP contribution is -2.15. The molecule has 0 bridgehead atoms. The van der Waals surface area contributed by atoms with Gasteiger partial charge in [0.05, 0.1) is 26.5 Å². The van der Waals surface area contributed by atoms with Gasteiger partial charge in [0.15, 0.2) is 18.1 Å². The second-order valence-electron chi connectivity index (χ2n) is 5.08. The van der Waals surface area contributed by atoms with Crippen LogP contribution in [-0.4, -0.2) is 39.6 Å². The third-order valence-electron chi connectivity index (χ3n) is 3.33. The van der Waals surface area contributed by atoms with Crippen LogP contribution in [0.25, 0.3) is 0 Å². The minimum atomic E-state index is -0.449. The van der Waals surface area contributed by atoms with Gasteiger partial charge in [-0.2, -0.15) is 0 Å². The third-order valence-corrected chi connectivity index (χ3v) is 3.79. The molecule has 0 N–H and O–H groups in total. The van der Waals surface area contributed by atoms with E-state index in [2.05, 4.69) is 20.9 Å². The van der Waals surface area contributed by atoms with Crippen LogP contribution in [0.5, 0.6) is 17.2 Å². The summed E-state index contributed by atoms with van der Waals surface area (Å²) in [4.78, 5) is 16.0. The molecule has 0 unspecified atom stereocenters. The van der Waals surface area contributed by atoms with Crippen LogP contribution in [0.2, 0.25) is 0 Å². The molecule has 0 heterocycles. The highest BCUT2D eigenvalue weighted by Gasteiger charge is 2.14. The van der Waals surface area contributed by atoms with Crippen LogP contribution in [0.3, 0.4) is 0 Å². The van der Waals surface area contributed by atoms with Crippen LogP contribution in [0.4, 0.5) is 5.69 Å². The van der Waals surface area contributed by atoms with Crippen molar-refractivity contribution in [1.29, 1.82) is 0 Å². The number of ether oxygens (including phenoxy) is 4. The fraction of sp³-hybridized carbons (Fsp3) is 0.263. The predicted molar refractivity (Wildman–Crippen MR) is 103 cm³/mol. The first-order valence-corrected chi connectivity index (χ1v) is 8.70. The molecule has 0 aliphatic carbocycles. The number of rotatable bonds is 8. The van der Waals surface area contributed by atoms with Crippen molar-refractivity contribution >= 4 is 33.8 Å². The van der Waals surface area contributed by atoms with Gasteiger partial charge in [0.2, 0.25) is 0 Å². The number of hydrogen-bond acceptors (Lipinski definition) is 6. The van der Waals surface area contributed by atoms with Crippen molar-refractivity contribution < 1.29 is 23.7 Å². The van der Waals surface area contributed by atoms with Crippen molar-refractivity contribution in [2.45, 2.75) is 6.92 Å². The highest BCUT2D eigenvalue weighted by molar-refractivity contribution is 9.10. The molecular formula is C19H20BrNO5. The molecule has 0 aromatic heterocycles. The quantitative estimate of drug-likeness (QED) is 0.472. The van der Waals surface area contributed by atoms with Crippen LogP contribution >= 0.6 is 15.9 Å². The first-order valence-electron chi connectivity index (χ1n) is 7.91. The van der Waals surface area contributed by atoms with Gasteiger partial charge in [0.25, 0.3) is 0 Å². The van der Waals surface area contributed by atoms with Crippen LogP contribution in [-0.2, 0) is 9.53 Å². The average molecular weight is 422 g/mol. The molecule has 0 saturated heterocycles. The van der Waals surface area contributed by atoms with E-state index in [1.807, 2.05) is 30.3 Å². The Balaban J connectivity index is 2.28. The molecule has 0 saturated carbocycles. The summed E-state index contributed by atoms with van der Waals surface area (Å²) in [7, 11) is 3.14. The molecule has 138 valence electrons. The third kappa shape index (κ3) is 5.49. The molecule has 0 radical (unpaired) electrons. The summed E-state index contributed by atoms with van der Waals surface area (Å²) in [5, 5.41) is 0. The van der Waals surface area contributed by atoms with Gasteiger partial charge in [0.1, 0.15) is 5.75 Å². The van der Waals surface area contributed by atoms with Gasteiger partial charge in [-0.3, -0.25) is 4.99 Å². The van der Waals surface area contributed by atoms with Gasteiger partial charge in [-0.05, 0) is 43.3 Å². The van der Waals surface area contributed by atoms with E-state index in [1.165, 1.54) is 7.11 Å². The van der Waals surface area contributed by atoms with E-state index in [0.717, 1.165) is 15.9 Å². The van der Waals surface area contributed by atoms with E-state index in [9.17, 15) is 4.79 Å². The SMILES string of the molecule is CCOC(=O)COc1c(C=Nc2ccc(OC)cc2)cc(Br)cc1OC. The van der Waals surface area contributed by atoms with E-state index in [1.54, 1.807) is 26.3 Å². The maximum absolute atomic E-state index is 11.6. The smallest absolute Gasteiger partial charge is 0.344 e. The predicted octanol–water partition coefficient (Wildman–Crippen LogP) is 4.16. The number of methoxy groups -OCH3 is 2. The maximum atomic E-state index is 11.6. The van der Waals surface area contributed by atoms with Gasteiger partial charge < -0.3 is 18.9 Å². The molecule has 0 atom stereocenters. The number of nitrogens with zero attached hydrogens (tertiary/aromatic N) is 1. The number of benzene rings is 2. The van der Waals surface area contributed by atoms with Crippen molar-refractivity contribution in [2.24, 2.45) is 4.99 Å². The monoisotopic (exact) mass is 421 g/mol. The Labute approximate surface area is 160 Å². The largest absolute Gasteiger partial charge is 0.497 e. The van der Waals surface area contributed by atoms with E-state index in [4.69, 9.17) is 18.9 Å². The lowest BCUT2D eigenvalue weighted by atomic mass is 10.2. The Morgan fingerprint density at radius 1 is 1.15 bits per heavy atom. The lowest BCUT2D eigenvalue weighted by molar-refractivity contribution is -0.145. The minimum Gasteiger partial charge on any atom is -0.497 e. The van der Waals surface area contributed by atoms with Crippen LogP contribution < -0.4 is 14.2 Å². The van der Waals surface area contributed by atoms with Gasteiger partial charge >= 0.3 is 5.97 Å². The Morgan fingerprint density at radius 3 is 2.50 bits per heavy atom. The highest BCUT2D eigenvalue weighted by Crippen LogP contribution is 2.34. The summed E-state index contributed by atoms with van der Waals surface area (Å²) in [5.41, 5.74) is 1.41. The second-order valence-corrected chi connectivity index (χ2v) is 5.99. The number of esters is 1. The Hall–Kier alpha value is -2.54. The Bertz CT molecular complexity index is 774. The minimum absolute atomic E-state index is 0.213. The molecule has 2 aromatic rings. The molecule has 6 nitrogen and oxygen atoms in total. The summed E-state index contributed by atoms with van der Waals surface area (Å²) in [6.45, 7) is 1.83. The Kier molecular flexibility index (Phi) is 7.47. The van der Waals surface area contributed by atoms with E-state index in [0.29, 0.717) is 23.7 Å². The van der Waals surface area contributed by atoms with Gasteiger partial charge in [0, 0.05) is 16.3 Å². The molecular weight excluding hydrogens is 402 g/mol. The van der Waals surface area contributed by atoms with Crippen LogP contribution in [0, 0.1) is 0 Å². The van der Waals surface area contributed by atoms with Gasteiger partial charge in [-0.1, -0.05) is 15.9 Å². The summed E-state index contributed by atoms with van der Waals surface area (Å²) in [6.07, 6.45) is 1.65. The van der Waals surface area contributed by atoms with Gasteiger partial charge in [-0.15, -0.1) is 0 Å². The topological polar surface area (TPSA) is 66.4 Å². The summed E-state index contributed by atoms with van der Waals surface area (Å²) in [5.74, 6) is 1.21. The molecule has 0 aliphatic heterocycles.